The van der Waals surface area contributed by atoms with Crippen molar-refractivity contribution < 1.29 is 5.11 Å². The number of hydrogen-bond acceptors (Lipinski definition) is 3. The number of nitrogens with zero attached hydrogens (tertiary/aromatic N) is 2. The van der Waals surface area contributed by atoms with E-state index in [1.807, 2.05) is 0 Å². The molecule has 1 heterocycles. The second-order valence-corrected chi connectivity index (χ2v) is 4.05. The van der Waals surface area contributed by atoms with Crippen LogP contribution >= 0.6 is 0 Å². The summed E-state index contributed by atoms with van der Waals surface area (Å²) >= 11 is 0. The number of hydrogen-bond donors (Lipinski definition) is 1. The molecule has 0 aromatic carbocycles. The number of likely N-dealkylation sites (N-methyl/N-ethyl adjacent to an activating group) is 1. The van der Waals surface area contributed by atoms with Crippen molar-refractivity contribution in [3.05, 3.63) is 0 Å². The van der Waals surface area contributed by atoms with Crippen LogP contribution < -0.4 is 0 Å². The summed E-state index contributed by atoms with van der Waals surface area (Å²) in [5.74, 6) is 0. The highest BCUT2D eigenvalue weighted by atomic mass is 16.3. The molecular formula is C9H18N2O. The fourth-order valence-corrected chi connectivity index (χ4v) is 2.04. The Hall–Kier alpha value is -0.120. The number of aliphatic hydroxyl groups excluding tert-OH is 1. The van der Waals surface area contributed by atoms with Crippen LogP contribution in [-0.2, 0) is 0 Å². The molecule has 1 N–H and O–H groups in total. The lowest BCUT2D eigenvalue weighted by Gasteiger charge is -2.45. The molecular weight excluding hydrogens is 152 g/mol. The van der Waals surface area contributed by atoms with E-state index in [1.54, 1.807) is 0 Å². The van der Waals surface area contributed by atoms with Gasteiger partial charge in [-0.05, 0) is 19.9 Å². The summed E-state index contributed by atoms with van der Waals surface area (Å²) < 4.78 is 0. The van der Waals surface area contributed by atoms with Crippen molar-refractivity contribution in [1.29, 1.82) is 0 Å². The summed E-state index contributed by atoms with van der Waals surface area (Å²) in [7, 11) is 2.16. The monoisotopic (exact) mass is 170 g/mol. The molecule has 0 spiro atoms. The summed E-state index contributed by atoms with van der Waals surface area (Å²) in [5, 5.41) is 9.47. The Morgan fingerprint density at radius 2 is 1.75 bits per heavy atom. The SMILES string of the molecule is CN1CCN(C2CCC2O)CC1. The molecule has 2 fully saturated rings. The lowest BCUT2D eigenvalue weighted by Crippen LogP contribution is -2.56. The zero-order chi connectivity index (χ0) is 8.55. The molecule has 0 radical (unpaired) electrons. The molecule has 2 atom stereocenters. The van der Waals surface area contributed by atoms with Gasteiger partial charge in [0, 0.05) is 32.2 Å². The first kappa shape index (κ1) is 8.48. The molecule has 3 nitrogen and oxygen atoms in total. The van der Waals surface area contributed by atoms with Crippen LogP contribution in [0.1, 0.15) is 12.8 Å². The molecule has 70 valence electrons. The Labute approximate surface area is 74.0 Å². The van der Waals surface area contributed by atoms with Crippen LogP contribution in [0.4, 0.5) is 0 Å². The van der Waals surface area contributed by atoms with Crippen LogP contribution in [-0.4, -0.2) is 60.3 Å². The Morgan fingerprint density at radius 3 is 2.17 bits per heavy atom. The van der Waals surface area contributed by atoms with Gasteiger partial charge in [0.15, 0.2) is 0 Å². The van der Waals surface area contributed by atoms with E-state index in [1.165, 1.54) is 6.42 Å². The predicted molar refractivity (Wildman–Crippen MR) is 48.1 cm³/mol. The highest BCUT2D eigenvalue weighted by molar-refractivity contribution is 4.90. The van der Waals surface area contributed by atoms with Gasteiger partial charge in [0.25, 0.3) is 0 Å². The molecule has 0 aromatic rings. The van der Waals surface area contributed by atoms with E-state index in [9.17, 15) is 5.11 Å². The summed E-state index contributed by atoms with van der Waals surface area (Å²) in [5.41, 5.74) is 0. The van der Waals surface area contributed by atoms with Gasteiger partial charge in [-0.2, -0.15) is 0 Å². The number of rotatable bonds is 1. The van der Waals surface area contributed by atoms with Crippen molar-refractivity contribution in [2.24, 2.45) is 0 Å². The first-order valence-electron chi connectivity index (χ1n) is 4.88. The first-order valence-corrected chi connectivity index (χ1v) is 4.88. The molecule has 0 bridgehead atoms. The molecule has 3 heteroatoms. The maximum atomic E-state index is 9.47. The lowest BCUT2D eigenvalue weighted by molar-refractivity contribution is -0.0363. The quantitative estimate of drug-likeness (QED) is 0.588. The molecule has 12 heavy (non-hydrogen) atoms. The molecule has 0 aromatic heterocycles. The predicted octanol–water partition coefficient (Wildman–Crippen LogP) is -0.243. The van der Waals surface area contributed by atoms with Crippen molar-refractivity contribution in [3.8, 4) is 0 Å². The van der Waals surface area contributed by atoms with Crippen molar-refractivity contribution in [1.82, 2.24) is 9.80 Å². The summed E-state index contributed by atoms with van der Waals surface area (Å²) in [6, 6.07) is 0.485. The van der Waals surface area contributed by atoms with Gasteiger partial charge in [0.2, 0.25) is 0 Å². The second-order valence-electron chi connectivity index (χ2n) is 4.05. The summed E-state index contributed by atoms with van der Waals surface area (Å²) in [6.07, 6.45) is 2.18. The standard InChI is InChI=1S/C9H18N2O/c1-10-4-6-11(7-5-10)8-2-3-9(8)12/h8-9,12H,2-7H2,1H3. The Balaban J connectivity index is 1.81. The van der Waals surface area contributed by atoms with Gasteiger partial charge in [-0.3, -0.25) is 4.90 Å². The third kappa shape index (κ3) is 1.49. The minimum absolute atomic E-state index is 0.0339. The third-order valence-corrected chi connectivity index (χ3v) is 3.21. The van der Waals surface area contributed by atoms with Gasteiger partial charge in [0.05, 0.1) is 6.10 Å². The molecule has 2 unspecified atom stereocenters. The second kappa shape index (κ2) is 3.32. The van der Waals surface area contributed by atoms with E-state index >= 15 is 0 Å². The molecule has 1 saturated carbocycles. The van der Waals surface area contributed by atoms with Crippen LogP contribution in [0.15, 0.2) is 0 Å². The van der Waals surface area contributed by atoms with Crippen LogP contribution in [0.25, 0.3) is 0 Å². The van der Waals surface area contributed by atoms with E-state index < -0.39 is 0 Å². The smallest absolute Gasteiger partial charge is 0.0696 e. The molecule has 0 amide bonds. The van der Waals surface area contributed by atoms with E-state index in [0.29, 0.717) is 6.04 Å². The molecule has 1 saturated heterocycles. The van der Waals surface area contributed by atoms with Crippen molar-refractivity contribution in [3.63, 3.8) is 0 Å². The lowest BCUT2D eigenvalue weighted by atomic mass is 9.87. The zero-order valence-electron chi connectivity index (χ0n) is 7.74. The first-order chi connectivity index (χ1) is 5.77. The summed E-state index contributed by atoms with van der Waals surface area (Å²) in [6.45, 7) is 4.59. The fourth-order valence-electron chi connectivity index (χ4n) is 2.04. The highest BCUT2D eigenvalue weighted by Crippen LogP contribution is 2.25. The highest BCUT2D eigenvalue weighted by Gasteiger charge is 2.34. The van der Waals surface area contributed by atoms with Crippen LogP contribution in [0, 0.1) is 0 Å². The topological polar surface area (TPSA) is 26.7 Å². The van der Waals surface area contributed by atoms with Gasteiger partial charge in [-0.25, -0.2) is 0 Å². The average molecular weight is 170 g/mol. The maximum absolute atomic E-state index is 9.47. The van der Waals surface area contributed by atoms with Gasteiger partial charge in [-0.1, -0.05) is 0 Å². The molecule has 2 rings (SSSR count). The van der Waals surface area contributed by atoms with E-state index in [-0.39, 0.29) is 6.10 Å². The van der Waals surface area contributed by atoms with E-state index in [4.69, 9.17) is 0 Å². The van der Waals surface area contributed by atoms with Crippen molar-refractivity contribution in [2.75, 3.05) is 33.2 Å². The van der Waals surface area contributed by atoms with Gasteiger partial charge < -0.3 is 10.0 Å². The Morgan fingerprint density at radius 1 is 1.08 bits per heavy atom. The van der Waals surface area contributed by atoms with Crippen LogP contribution in [0.2, 0.25) is 0 Å². The number of piperazine rings is 1. The van der Waals surface area contributed by atoms with Crippen molar-refractivity contribution >= 4 is 0 Å². The van der Waals surface area contributed by atoms with Gasteiger partial charge in [0.1, 0.15) is 0 Å². The van der Waals surface area contributed by atoms with Crippen molar-refractivity contribution in [2.45, 2.75) is 25.0 Å². The Bertz CT molecular complexity index is 155. The van der Waals surface area contributed by atoms with E-state index in [0.717, 1.165) is 32.6 Å². The summed E-state index contributed by atoms with van der Waals surface area (Å²) in [4.78, 5) is 4.79. The average Bonchev–Trinajstić information content (AvgIpc) is 2.06. The molecule has 2 aliphatic rings. The molecule has 1 aliphatic heterocycles. The van der Waals surface area contributed by atoms with Gasteiger partial charge in [-0.15, -0.1) is 0 Å². The third-order valence-electron chi connectivity index (χ3n) is 3.21. The maximum Gasteiger partial charge on any atom is 0.0696 e. The van der Waals surface area contributed by atoms with Gasteiger partial charge >= 0.3 is 0 Å². The fraction of sp³-hybridized carbons (Fsp3) is 1.00. The normalized spacial score (nSPS) is 39.5. The van der Waals surface area contributed by atoms with Crippen LogP contribution in [0.3, 0.4) is 0 Å². The largest absolute Gasteiger partial charge is 0.391 e. The van der Waals surface area contributed by atoms with Crippen LogP contribution in [0.5, 0.6) is 0 Å². The van der Waals surface area contributed by atoms with E-state index in [2.05, 4.69) is 16.8 Å². The number of aliphatic hydroxyl groups is 1. The minimum Gasteiger partial charge on any atom is -0.391 e. The Kier molecular flexibility index (Phi) is 2.35. The minimum atomic E-state index is -0.0339. The zero-order valence-corrected chi connectivity index (χ0v) is 7.74. The molecule has 1 aliphatic carbocycles.